The molecule has 138 valence electrons. The predicted octanol–water partition coefficient (Wildman–Crippen LogP) is 3.01. The first-order chi connectivity index (χ1) is 12.3. The number of amides is 1. The van der Waals surface area contributed by atoms with Gasteiger partial charge in [0.1, 0.15) is 0 Å². The first-order valence-corrected chi connectivity index (χ1v) is 9.05. The van der Waals surface area contributed by atoms with E-state index in [1.165, 1.54) is 4.90 Å². The van der Waals surface area contributed by atoms with Crippen molar-refractivity contribution >= 4 is 35.1 Å². The maximum Gasteiger partial charge on any atom is 0.305 e. The quantitative estimate of drug-likeness (QED) is 0.798. The number of hydrogen-bond donors (Lipinski definition) is 2. The van der Waals surface area contributed by atoms with Gasteiger partial charge in [-0.05, 0) is 30.5 Å². The first-order valence-electron chi connectivity index (χ1n) is 8.29. The molecular weight excluding hydrogens is 377 g/mol. The van der Waals surface area contributed by atoms with Crippen LogP contribution in [0, 0.1) is 6.92 Å². The third-order valence-electron chi connectivity index (χ3n) is 4.77. The number of aliphatic carboxylic acids is 1. The molecule has 1 unspecified atom stereocenters. The van der Waals surface area contributed by atoms with Crippen LogP contribution in [0.1, 0.15) is 51.6 Å². The molecule has 0 spiro atoms. The van der Waals surface area contributed by atoms with Gasteiger partial charge < -0.3 is 15.7 Å². The van der Waals surface area contributed by atoms with E-state index in [-0.39, 0.29) is 31.3 Å². The summed E-state index contributed by atoms with van der Waals surface area (Å²) in [5.74, 6) is -1.38. The number of carbonyl (C=O) groups is 2. The van der Waals surface area contributed by atoms with Crippen molar-refractivity contribution in [1.82, 2.24) is 9.88 Å². The maximum absolute atomic E-state index is 13.0. The number of hydrogen-bond acceptors (Lipinski definition) is 4. The monoisotopic (exact) mass is 395 g/mol. The zero-order chi connectivity index (χ0) is 19.0. The smallest absolute Gasteiger partial charge is 0.305 e. The highest BCUT2D eigenvalue weighted by atomic mass is 35.5. The van der Waals surface area contributed by atoms with Crippen LogP contribution in [0.15, 0.2) is 22.2 Å². The van der Waals surface area contributed by atoms with Gasteiger partial charge in [-0.2, -0.15) is 0 Å². The van der Waals surface area contributed by atoms with E-state index in [1.807, 2.05) is 13.0 Å². The number of allylic oxidation sites excluding steroid dienone is 4. The summed E-state index contributed by atoms with van der Waals surface area (Å²) in [6.07, 6.45) is 4.00. The molecule has 1 aliphatic heterocycles. The second-order valence-electron chi connectivity index (χ2n) is 6.39. The van der Waals surface area contributed by atoms with Gasteiger partial charge in [0.05, 0.1) is 24.2 Å². The van der Waals surface area contributed by atoms with Gasteiger partial charge in [0.15, 0.2) is 0 Å². The molecule has 1 amide bonds. The zero-order valence-electron chi connectivity index (χ0n) is 14.3. The maximum atomic E-state index is 13.0. The molecule has 1 aromatic heterocycles. The number of carbonyl (C=O) groups excluding carboxylic acids is 1. The molecule has 3 rings (SSSR count). The lowest BCUT2D eigenvalue weighted by Gasteiger charge is -2.24. The van der Waals surface area contributed by atoms with Crippen molar-refractivity contribution in [1.29, 1.82) is 0 Å². The van der Waals surface area contributed by atoms with Gasteiger partial charge in [0.25, 0.3) is 5.91 Å². The minimum Gasteiger partial charge on any atom is -0.481 e. The highest BCUT2D eigenvalue weighted by Crippen LogP contribution is 2.42. The Kier molecular flexibility index (Phi) is 5.37. The van der Waals surface area contributed by atoms with Crippen molar-refractivity contribution in [3.05, 3.63) is 50.3 Å². The largest absolute Gasteiger partial charge is 0.481 e. The molecule has 0 bridgehead atoms. The molecule has 2 aliphatic rings. The van der Waals surface area contributed by atoms with Gasteiger partial charge in [-0.15, -0.1) is 0 Å². The Hall–Kier alpha value is -1.89. The fourth-order valence-electron chi connectivity index (χ4n) is 3.53. The van der Waals surface area contributed by atoms with Crippen molar-refractivity contribution < 1.29 is 14.7 Å². The lowest BCUT2D eigenvalue weighted by atomic mass is 9.84. The third-order valence-corrected chi connectivity index (χ3v) is 5.41. The second-order valence-corrected chi connectivity index (χ2v) is 7.27. The molecule has 8 heteroatoms. The molecule has 0 radical (unpaired) electrons. The van der Waals surface area contributed by atoms with Gasteiger partial charge in [-0.25, -0.2) is 0 Å². The summed E-state index contributed by atoms with van der Waals surface area (Å²) in [5.41, 5.74) is 9.47. The van der Waals surface area contributed by atoms with Crippen molar-refractivity contribution in [3.8, 4) is 0 Å². The number of nitrogens with two attached hydrogens (primary N) is 1. The Bertz CT molecular complexity index is 849. The van der Waals surface area contributed by atoms with Crippen LogP contribution in [-0.2, 0) is 17.9 Å². The van der Waals surface area contributed by atoms with E-state index in [0.717, 1.165) is 16.8 Å². The number of carboxylic acid groups (broad SMARTS) is 1. The molecule has 0 saturated heterocycles. The molecule has 26 heavy (non-hydrogen) atoms. The molecular formula is C18H19Cl2N3O3. The predicted molar refractivity (Wildman–Crippen MR) is 99.1 cm³/mol. The minimum absolute atomic E-state index is 0.111. The van der Waals surface area contributed by atoms with E-state index in [1.54, 1.807) is 6.08 Å². The number of nitrogens with zero attached hydrogens (tertiary/aromatic N) is 2. The highest BCUT2D eigenvalue weighted by Gasteiger charge is 2.36. The van der Waals surface area contributed by atoms with Crippen LogP contribution in [0.4, 0.5) is 0 Å². The Morgan fingerprint density at radius 1 is 1.46 bits per heavy atom. The molecule has 0 saturated carbocycles. The number of aryl methyl sites for hydroxylation is 1. The molecule has 0 aromatic carbocycles. The van der Waals surface area contributed by atoms with Crippen LogP contribution in [0.25, 0.3) is 0 Å². The van der Waals surface area contributed by atoms with E-state index in [2.05, 4.69) is 4.98 Å². The Morgan fingerprint density at radius 3 is 2.81 bits per heavy atom. The van der Waals surface area contributed by atoms with E-state index >= 15 is 0 Å². The number of halogens is 2. The van der Waals surface area contributed by atoms with Crippen molar-refractivity contribution in [3.63, 3.8) is 0 Å². The summed E-state index contributed by atoms with van der Waals surface area (Å²) < 4.78 is 0. The van der Waals surface area contributed by atoms with Gasteiger partial charge >= 0.3 is 5.97 Å². The standard InChI is InChI=1S/C18H19Cl2N3O3/c1-9-12(7-21)16(11-3-2-10(19)6-13(11)20)17-14(22-9)8-23(18(17)26)5-4-15(24)25/h2,6,11H,3-5,7-8,21H2,1H3,(H,24,25). The first kappa shape index (κ1) is 18.9. The molecule has 1 atom stereocenters. The molecule has 2 heterocycles. The average molecular weight is 396 g/mol. The van der Waals surface area contributed by atoms with Gasteiger partial charge in [0, 0.05) is 34.8 Å². The molecule has 0 fully saturated rings. The van der Waals surface area contributed by atoms with Gasteiger partial charge in [-0.1, -0.05) is 29.3 Å². The number of aromatic nitrogens is 1. The molecule has 6 nitrogen and oxygen atoms in total. The minimum atomic E-state index is -0.946. The topological polar surface area (TPSA) is 96.5 Å². The van der Waals surface area contributed by atoms with E-state index in [4.69, 9.17) is 34.0 Å². The van der Waals surface area contributed by atoms with Crippen molar-refractivity contribution in [2.45, 2.75) is 38.8 Å². The fraction of sp³-hybridized carbons (Fsp3) is 0.389. The zero-order valence-corrected chi connectivity index (χ0v) is 15.8. The van der Waals surface area contributed by atoms with Crippen LogP contribution in [0.3, 0.4) is 0 Å². The fourth-order valence-corrected chi connectivity index (χ4v) is 4.11. The number of rotatable bonds is 5. The number of pyridine rings is 1. The van der Waals surface area contributed by atoms with Crippen molar-refractivity contribution in [2.24, 2.45) is 5.73 Å². The molecule has 3 N–H and O–H groups in total. The van der Waals surface area contributed by atoms with E-state index in [9.17, 15) is 9.59 Å². The van der Waals surface area contributed by atoms with Crippen LogP contribution < -0.4 is 5.73 Å². The lowest BCUT2D eigenvalue weighted by Crippen LogP contribution is -2.27. The lowest BCUT2D eigenvalue weighted by molar-refractivity contribution is -0.137. The van der Waals surface area contributed by atoms with Gasteiger partial charge in [-0.3, -0.25) is 14.6 Å². The highest BCUT2D eigenvalue weighted by molar-refractivity contribution is 6.35. The summed E-state index contributed by atoms with van der Waals surface area (Å²) in [4.78, 5) is 29.9. The number of carboxylic acids is 1. The Labute approximate surface area is 161 Å². The second kappa shape index (κ2) is 7.39. The molecule has 1 aromatic rings. The summed E-state index contributed by atoms with van der Waals surface area (Å²) in [6, 6.07) is 0. The normalized spacial score (nSPS) is 19.3. The van der Waals surface area contributed by atoms with Crippen molar-refractivity contribution in [2.75, 3.05) is 6.54 Å². The van der Waals surface area contributed by atoms with E-state index < -0.39 is 5.97 Å². The average Bonchev–Trinajstić information content (AvgIpc) is 2.87. The van der Waals surface area contributed by atoms with Crippen LogP contribution >= 0.6 is 23.2 Å². The summed E-state index contributed by atoms with van der Waals surface area (Å²) >= 11 is 12.5. The summed E-state index contributed by atoms with van der Waals surface area (Å²) in [5, 5.41) is 10.0. The van der Waals surface area contributed by atoms with Crippen LogP contribution in [0.5, 0.6) is 0 Å². The molecule has 1 aliphatic carbocycles. The summed E-state index contributed by atoms with van der Waals surface area (Å²) in [7, 11) is 0. The Morgan fingerprint density at radius 2 is 2.19 bits per heavy atom. The summed E-state index contributed by atoms with van der Waals surface area (Å²) in [6.45, 7) is 2.54. The Balaban J connectivity index is 2.08. The van der Waals surface area contributed by atoms with Crippen LogP contribution in [-0.4, -0.2) is 33.4 Å². The van der Waals surface area contributed by atoms with Gasteiger partial charge in [0.2, 0.25) is 0 Å². The third kappa shape index (κ3) is 3.37. The SMILES string of the molecule is Cc1nc2c(c(C3CC=C(Cl)C=C3Cl)c1CN)C(=O)N(CCC(=O)O)C2. The number of fused-ring (bicyclic) bond motifs is 1. The van der Waals surface area contributed by atoms with E-state index in [0.29, 0.717) is 34.3 Å². The van der Waals surface area contributed by atoms with Crippen LogP contribution in [0.2, 0.25) is 0 Å².